The predicted octanol–water partition coefficient (Wildman–Crippen LogP) is 6.37. The maximum Gasteiger partial charge on any atom is 0.118 e. The topological polar surface area (TPSA) is 60.7 Å². The van der Waals surface area contributed by atoms with E-state index in [9.17, 15) is 15.3 Å². The highest BCUT2D eigenvalue weighted by molar-refractivity contribution is 5.85. The first-order valence-corrected chi connectivity index (χ1v) is 10.1. The number of phenols is 3. The third kappa shape index (κ3) is 3.48. The maximum atomic E-state index is 10.2. The molecule has 0 atom stereocenters. The minimum atomic E-state index is -0.0539. The highest BCUT2D eigenvalue weighted by Gasteiger charge is 2.23. The number of phenolic OH excluding ortho intramolecular Hbond substituents is 3. The van der Waals surface area contributed by atoms with E-state index in [1.807, 2.05) is 52.0 Å². The lowest BCUT2D eigenvalue weighted by atomic mass is 9.79. The van der Waals surface area contributed by atoms with Gasteiger partial charge in [-0.3, -0.25) is 0 Å². The van der Waals surface area contributed by atoms with Crippen LogP contribution in [0.1, 0.15) is 44.9 Å². The quantitative estimate of drug-likeness (QED) is 0.351. The van der Waals surface area contributed by atoms with Gasteiger partial charge in [-0.25, -0.2) is 0 Å². The van der Waals surface area contributed by atoms with Crippen molar-refractivity contribution in [3.63, 3.8) is 0 Å². The van der Waals surface area contributed by atoms with Crippen LogP contribution in [0.2, 0.25) is 0 Å². The smallest absolute Gasteiger partial charge is 0.118 e. The summed E-state index contributed by atoms with van der Waals surface area (Å²) in [7, 11) is 0. The molecule has 3 N–H and O–H groups in total. The molecular formula is C27H26O3. The number of hydrogen-bond donors (Lipinski definition) is 3. The van der Waals surface area contributed by atoms with Crippen molar-refractivity contribution in [1.29, 1.82) is 0 Å². The van der Waals surface area contributed by atoms with E-state index >= 15 is 0 Å². The van der Waals surface area contributed by atoms with Crippen molar-refractivity contribution < 1.29 is 15.3 Å². The number of fused-ring (bicyclic) bond motifs is 1. The summed E-state index contributed by atoms with van der Waals surface area (Å²) in [6.45, 7) is 7.85. The molecule has 0 fully saturated rings. The van der Waals surface area contributed by atoms with Gasteiger partial charge in [0.15, 0.2) is 0 Å². The first-order chi connectivity index (χ1) is 14.2. The average molecular weight is 399 g/mol. The van der Waals surface area contributed by atoms with Crippen LogP contribution in [0.3, 0.4) is 0 Å². The summed E-state index contributed by atoms with van der Waals surface area (Å²) < 4.78 is 0. The van der Waals surface area contributed by atoms with Gasteiger partial charge in [0.1, 0.15) is 17.2 Å². The van der Waals surface area contributed by atoms with Gasteiger partial charge in [0, 0.05) is 5.92 Å². The van der Waals surface area contributed by atoms with Crippen LogP contribution in [0.4, 0.5) is 0 Å². The third-order valence-electron chi connectivity index (χ3n) is 5.97. The van der Waals surface area contributed by atoms with Crippen molar-refractivity contribution >= 4 is 10.8 Å². The minimum absolute atomic E-state index is 0.0539. The lowest BCUT2D eigenvalue weighted by Crippen LogP contribution is -2.08. The largest absolute Gasteiger partial charge is 0.508 e. The summed E-state index contributed by atoms with van der Waals surface area (Å²) >= 11 is 0. The van der Waals surface area contributed by atoms with Crippen molar-refractivity contribution in [3.8, 4) is 17.2 Å². The molecule has 0 unspecified atom stereocenters. The van der Waals surface area contributed by atoms with E-state index in [1.165, 1.54) is 0 Å². The molecular weight excluding hydrogens is 372 g/mol. The van der Waals surface area contributed by atoms with Gasteiger partial charge in [0.2, 0.25) is 0 Å². The van der Waals surface area contributed by atoms with Gasteiger partial charge in [0.05, 0.1) is 0 Å². The summed E-state index contributed by atoms with van der Waals surface area (Å²) in [4.78, 5) is 0. The Bertz CT molecular complexity index is 1210. The fraction of sp³-hybridized carbons (Fsp3) is 0.185. The van der Waals surface area contributed by atoms with Crippen molar-refractivity contribution in [2.45, 2.75) is 33.6 Å². The van der Waals surface area contributed by atoms with E-state index in [0.717, 1.165) is 49.7 Å². The van der Waals surface area contributed by atoms with Gasteiger partial charge in [-0.1, -0.05) is 36.4 Å². The van der Waals surface area contributed by atoms with Crippen molar-refractivity contribution in [2.75, 3.05) is 0 Å². The van der Waals surface area contributed by atoms with E-state index < -0.39 is 0 Å². The van der Waals surface area contributed by atoms with E-state index in [1.54, 1.807) is 12.1 Å². The second-order valence-electron chi connectivity index (χ2n) is 8.21. The van der Waals surface area contributed by atoms with Gasteiger partial charge in [-0.15, -0.1) is 0 Å². The molecule has 0 aliphatic carbocycles. The second-order valence-corrected chi connectivity index (χ2v) is 8.21. The molecule has 0 aliphatic rings. The Morgan fingerprint density at radius 1 is 0.533 bits per heavy atom. The summed E-state index contributed by atoms with van der Waals surface area (Å²) in [5.41, 5.74) is 7.06. The SMILES string of the molecule is Cc1cc(C(c2ccc3cc(O)ccc3c2)c2cc(C)c(O)cc2C)c(C)cc1O. The van der Waals surface area contributed by atoms with E-state index in [2.05, 4.69) is 24.3 Å². The van der Waals surface area contributed by atoms with Gasteiger partial charge in [-0.2, -0.15) is 0 Å². The molecule has 0 spiro atoms. The van der Waals surface area contributed by atoms with Crippen LogP contribution < -0.4 is 0 Å². The van der Waals surface area contributed by atoms with Gasteiger partial charge in [0.25, 0.3) is 0 Å². The van der Waals surface area contributed by atoms with Crippen LogP contribution in [0.25, 0.3) is 10.8 Å². The van der Waals surface area contributed by atoms with Crippen molar-refractivity contribution in [2.24, 2.45) is 0 Å². The highest BCUT2D eigenvalue weighted by atomic mass is 16.3. The molecule has 0 bridgehead atoms. The first-order valence-electron chi connectivity index (χ1n) is 10.1. The van der Waals surface area contributed by atoms with E-state index in [0.29, 0.717) is 11.5 Å². The number of hydrogen-bond acceptors (Lipinski definition) is 3. The van der Waals surface area contributed by atoms with Gasteiger partial charge < -0.3 is 15.3 Å². The summed E-state index contributed by atoms with van der Waals surface area (Å²) in [5.74, 6) is 0.786. The van der Waals surface area contributed by atoms with Crippen molar-refractivity contribution in [3.05, 3.63) is 99.6 Å². The molecule has 152 valence electrons. The molecule has 0 saturated heterocycles. The van der Waals surface area contributed by atoms with Crippen LogP contribution in [-0.4, -0.2) is 15.3 Å². The van der Waals surface area contributed by atoms with E-state index in [4.69, 9.17) is 0 Å². The predicted molar refractivity (Wildman–Crippen MR) is 122 cm³/mol. The van der Waals surface area contributed by atoms with Crippen LogP contribution in [0, 0.1) is 27.7 Å². The van der Waals surface area contributed by atoms with E-state index in [-0.39, 0.29) is 11.7 Å². The molecule has 4 aromatic rings. The zero-order valence-corrected chi connectivity index (χ0v) is 17.7. The third-order valence-corrected chi connectivity index (χ3v) is 5.97. The lowest BCUT2D eigenvalue weighted by Gasteiger charge is -2.24. The van der Waals surface area contributed by atoms with Gasteiger partial charge >= 0.3 is 0 Å². The summed E-state index contributed by atoms with van der Waals surface area (Å²) in [6.07, 6.45) is 0. The molecule has 30 heavy (non-hydrogen) atoms. The Morgan fingerprint density at radius 2 is 1.03 bits per heavy atom. The van der Waals surface area contributed by atoms with Crippen LogP contribution in [0.15, 0.2) is 60.7 Å². The zero-order chi connectivity index (χ0) is 21.6. The Balaban J connectivity index is 2.01. The Hall–Kier alpha value is -3.46. The first kappa shape index (κ1) is 19.8. The Kier molecular flexibility index (Phi) is 4.90. The lowest BCUT2D eigenvalue weighted by molar-refractivity contribution is 0.470. The Morgan fingerprint density at radius 3 is 1.60 bits per heavy atom. The van der Waals surface area contributed by atoms with Crippen LogP contribution >= 0.6 is 0 Å². The molecule has 3 nitrogen and oxygen atoms in total. The molecule has 0 aliphatic heterocycles. The average Bonchev–Trinajstić information content (AvgIpc) is 2.69. The highest BCUT2D eigenvalue weighted by Crippen LogP contribution is 2.40. The maximum absolute atomic E-state index is 10.2. The molecule has 0 amide bonds. The number of rotatable bonds is 3. The van der Waals surface area contributed by atoms with Gasteiger partial charge in [-0.05, 0) is 102 Å². The molecule has 4 rings (SSSR count). The summed E-state index contributed by atoms with van der Waals surface area (Å²) in [5, 5.41) is 32.2. The molecule has 4 aromatic carbocycles. The monoisotopic (exact) mass is 398 g/mol. The fourth-order valence-corrected chi connectivity index (χ4v) is 4.23. The molecule has 0 radical (unpaired) electrons. The Labute approximate surface area is 176 Å². The van der Waals surface area contributed by atoms with Crippen LogP contribution in [0.5, 0.6) is 17.2 Å². The second kappa shape index (κ2) is 7.42. The fourth-order valence-electron chi connectivity index (χ4n) is 4.23. The van der Waals surface area contributed by atoms with Crippen LogP contribution in [-0.2, 0) is 0 Å². The minimum Gasteiger partial charge on any atom is -0.508 e. The standard InChI is InChI=1S/C27H26O3/c1-15-11-25(29)17(3)9-23(15)27(24-10-18(4)26(30)12-16(24)2)21-6-5-20-14-22(28)8-7-19(20)13-21/h5-14,27-30H,1-4H3. The molecule has 0 saturated carbocycles. The normalized spacial score (nSPS) is 11.4. The molecule has 0 heterocycles. The zero-order valence-electron chi connectivity index (χ0n) is 17.7. The number of benzene rings is 4. The van der Waals surface area contributed by atoms with Crippen molar-refractivity contribution in [1.82, 2.24) is 0 Å². The summed E-state index contributed by atoms with van der Waals surface area (Å²) in [6, 6.07) is 19.4. The molecule has 3 heteroatoms. The number of aryl methyl sites for hydroxylation is 4. The molecule has 0 aromatic heterocycles. The number of aromatic hydroxyl groups is 3.